The number of anilines is 1. The lowest BCUT2D eigenvalue weighted by atomic mass is 10.2. The molecule has 1 unspecified atom stereocenters. The number of para-hydroxylation sites is 1. The van der Waals surface area contributed by atoms with Crippen LogP contribution >= 0.6 is 0 Å². The van der Waals surface area contributed by atoms with E-state index in [-0.39, 0.29) is 22.1 Å². The van der Waals surface area contributed by atoms with Crippen LogP contribution in [-0.4, -0.2) is 20.3 Å². The highest BCUT2D eigenvalue weighted by Gasteiger charge is 2.38. The van der Waals surface area contributed by atoms with Crippen molar-refractivity contribution in [1.29, 1.82) is 0 Å². The van der Waals surface area contributed by atoms with E-state index in [2.05, 4.69) is 4.99 Å². The Morgan fingerprint density at radius 3 is 2.44 bits per heavy atom. The first-order chi connectivity index (χ1) is 11.6. The van der Waals surface area contributed by atoms with Crippen LogP contribution in [-0.2, 0) is 16.2 Å². The van der Waals surface area contributed by atoms with Gasteiger partial charge in [0.1, 0.15) is 10.7 Å². The Balaban J connectivity index is 2.25. The Bertz CT molecular complexity index is 953. The summed E-state index contributed by atoms with van der Waals surface area (Å²) in [5.41, 5.74) is 4.92. The summed E-state index contributed by atoms with van der Waals surface area (Å²) in [7, 11) is -4.14. The number of fused-ring (bicyclic) bond motifs is 1. The molecule has 0 spiro atoms. The molecule has 2 N–H and O–H groups in total. The van der Waals surface area contributed by atoms with E-state index in [4.69, 9.17) is 5.73 Å². The van der Waals surface area contributed by atoms with E-state index in [1.807, 2.05) is 0 Å². The van der Waals surface area contributed by atoms with Crippen LogP contribution in [0.5, 0.6) is 0 Å². The van der Waals surface area contributed by atoms with Crippen LogP contribution in [0.1, 0.15) is 12.5 Å². The van der Waals surface area contributed by atoms with Gasteiger partial charge in [0, 0.05) is 0 Å². The second kappa shape index (κ2) is 5.85. The number of amidine groups is 1. The fraction of sp³-hybridized carbons (Fsp3) is 0.188. The topological polar surface area (TPSA) is 75.8 Å². The Labute approximate surface area is 142 Å². The number of hydrogen-bond donors (Lipinski definition) is 1. The summed E-state index contributed by atoms with van der Waals surface area (Å²) >= 11 is 0. The average molecular weight is 369 g/mol. The number of nitrogens with two attached hydrogens (primary N) is 1. The zero-order valence-electron chi connectivity index (χ0n) is 13.0. The highest BCUT2D eigenvalue weighted by Crippen LogP contribution is 2.38. The summed E-state index contributed by atoms with van der Waals surface area (Å²) in [5.74, 6) is -0.0435. The van der Waals surface area contributed by atoms with E-state index >= 15 is 0 Å². The van der Waals surface area contributed by atoms with E-state index in [9.17, 15) is 21.6 Å². The predicted molar refractivity (Wildman–Crippen MR) is 88.3 cm³/mol. The first-order valence-electron chi connectivity index (χ1n) is 7.28. The lowest BCUT2D eigenvalue weighted by molar-refractivity contribution is -0.137. The molecular weight excluding hydrogens is 355 g/mol. The molecule has 0 aromatic heterocycles. The number of nitrogens with zero attached hydrogens (tertiary/aromatic N) is 2. The van der Waals surface area contributed by atoms with Crippen molar-refractivity contribution in [3.05, 3.63) is 54.1 Å². The summed E-state index contributed by atoms with van der Waals surface area (Å²) in [6, 6.07) is 9.26. The van der Waals surface area contributed by atoms with Gasteiger partial charge in [-0.3, -0.25) is 0 Å². The third-order valence-electron chi connectivity index (χ3n) is 3.64. The Hall–Kier alpha value is -2.39. The van der Waals surface area contributed by atoms with Gasteiger partial charge in [-0.2, -0.15) is 13.2 Å². The quantitative estimate of drug-likeness (QED) is 0.883. The van der Waals surface area contributed by atoms with Gasteiger partial charge in [-0.25, -0.2) is 17.7 Å². The van der Waals surface area contributed by atoms with Crippen molar-refractivity contribution in [1.82, 2.24) is 0 Å². The molecule has 0 saturated carbocycles. The standard InChI is InChI=1S/C16H14F3N3O2S/c1-10(20)15-21-13-7-2-3-8-14(13)25(23,24)22(15)12-6-4-5-11(9-12)16(17,18)19/h2-10H,20H2,1H3. The fourth-order valence-corrected chi connectivity index (χ4v) is 4.19. The normalized spacial score (nSPS) is 17.6. The predicted octanol–water partition coefficient (Wildman–Crippen LogP) is 3.29. The van der Waals surface area contributed by atoms with Crippen molar-refractivity contribution >= 4 is 27.2 Å². The maximum absolute atomic E-state index is 13.0. The van der Waals surface area contributed by atoms with Crippen LogP contribution < -0.4 is 10.0 Å². The molecule has 0 bridgehead atoms. The molecule has 132 valence electrons. The Morgan fingerprint density at radius 1 is 1.12 bits per heavy atom. The molecule has 1 atom stereocenters. The molecule has 2 aromatic carbocycles. The number of halogens is 3. The van der Waals surface area contributed by atoms with Crippen LogP contribution in [0.3, 0.4) is 0 Å². The molecule has 0 saturated heterocycles. The van der Waals surface area contributed by atoms with Gasteiger partial charge in [0.25, 0.3) is 10.0 Å². The third kappa shape index (κ3) is 3.00. The molecule has 9 heteroatoms. The largest absolute Gasteiger partial charge is 0.416 e. The molecule has 1 aliphatic rings. The van der Waals surface area contributed by atoms with Crippen LogP contribution in [0, 0.1) is 0 Å². The maximum atomic E-state index is 13.0. The van der Waals surface area contributed by atoms with Gasteiger partial charge >= 0.3 is 6.18 Å². The SMILES string of the molecule is CC(N)C1=Nc2ccccc2S(=O)(=O)N1c1cccc(C(F)(F)F)c1. The van der Waals surface area contributed by atoms with Gasteiger partial charge in [0.2, 0.25) is 0 Å². The smallest absolute Gasteiger partial charge is 0.322 e. The van der Waals surface area contributed by atoms with Gasteiger partial charge in [0.05, 0.1) is 23.0 Å². The van der Waals surface area contributed by atoms with E-state index in [1.165, 1.54) is 31.2 Å². The highest BCUT2D eigenvalue weighted by molar-refractivity contribution is 7.93. The molecule has 25 heavy (non-hydrogen) atoms. The lowest BCUT2D eigenvalue weighted by Gasteiger charge is -2.31. The van der Waals surface area contributed by atoms with E-state index in [1.54, 1.807) is 6.07 Å². The first kappa shape index (κ1) is 17.4. The number of sulfonamides is 1. The average Bonchev–Trinajstić information content (AvgIpc) is 2.53. The highest BCUT2D eigenvalue weighted by atomic mass is 32.2. The zero-order chi connectivity index (χ0) is 18.4. The number of benzene rings is 2. The Kier molecular flexibility index (Phi) is 4.08. The molecule has 0 radical (unpaired) electrons. The molecule has 5 nitrogen and oxygen atoms in total. The minimum atomic E-state index is -4.60. The molecule has 1 heterocycles. The number of aliphatic imine (C=N–C) groups is 1. The van der Waals surface area contributed by atoms with Crippen molar-refractivity contribution < 1.29 is 21.6 Å². The number of hydrogen-bond acceptors (Lipinski definition) is 4. The van der Waals surface area contributed by atoms with E-state index in [0.29, 0.717) is 0 Å². The van der Waals surface area contributed by atoms with Gasteiger partial charge in [-0.05, 0) is 37.3 Å². The summed E-state index contributed by atoms with van der Waals surface area (Å²) in [4.78, 5) is 4.16. The molecule has 3 rings (SSSR count). The monoisotopic (exact) mass is 369 g/mol. The summed E-state index contributed by atoms with van der Waals surface area (Å²) in [6.07, 6.45) is -4.60. The summed E-state index contributed by atoms with van der Waals surface area (Å²) in [5, 5.41) is 0. The second-order valence-corrected chi connectivity index (χ2v) is 7.30. The van der Waals surface area contributed by atoms with Gasteiger partial charge in [-0.1, -0.05) is 18.2 Å². The third-order valence-corrected chi connectivity index (χ3v) is 5.42. The molecular formula is C16H14F3N3O2S. The molecule has 0 fully saturated rings. The van der Waals surface area contributed by atoms with Crippen molar-refractivity contribution in [2.45, 2.75) is 24.0 Å². The molecule has 1 aliphatic heterocycles. The minimum absolute atomic E-state index is 0.0435. The first-order valence-corrected chi connectivity index (χ1v) is 8.72. The van der Waals surface area contributed by atoms with Crippen molar-refractivity contribution in [2.24, 2.45) is 10.7 Å². The molecule has 0 aliphatic carbocycles. The lowest BCUT2D eigenvalue weighted by Crippen LogP contribution is -2.47. The fourth-order valence-electron chi connectivity index (χ4n) is 2.52. The molecule has 0 amide bonds. The van der Waals surface area contributed by atoms with Crippen LogP contribution in [0.2, 0.25) is 0 Å². The second-order valence-electron chi connectivity index (χ2n) is 5.54. The van der Waals surface area contributed by atoms with Crippen LogP contribution in [0.4, 0.5) is 24.5 Å². The number of alkyl halides is 3. The number of rotatable bonds is 2. The minimum Gasteiger partial charge on any atom is -0.322 e. The summed E-state index contributed by atoms with van der Waals surface area (Å²) < 4.78 is 65.7. The van der Waals surface area contributed by atoms with Crippen molar-refractivity contribution in [2.75, 3.05) is 4.31 Å². The zero-order valence-corrected chi connectivity index (χ0v) is 13.8. The van der Waals surface area contributed by atoms with E-state index in [0.717, 1.165) is 22.5 Å². The van der Waals surface area contributed by atoms with Gasteiger partial charge in [-0.15, -0.1) is 0 Å². The van der Waals surface area contributed by atoms with Crippen LogP contribution in [0.25, 0.3) is 0 Å². The molecule has 2 aromatic rings. The maximum Gasteiger partial charge on any atom is 0.416 e. The Morgan fingerprint density at radius 2 is 1.80 bits per heavy atom. The van der Waals surface area contributed by atoms with Gasteiger partial charge < -0.3 is 5.73 Å². The van der Waals surface area contributed by atoms with E-state index < -0.39 is 27.8 Å². The van der Waals surface area contributed by atoms with Crippen molar-refractivity contribution in [3.8, 4) is 0 Å². The van der Waals surface area contributed by atoms with Crippen molar-refractivity contribution in [3.63, 3.8) is 0 Å². The summed E-state index contributed by atoms with van der Waals surface area (Å²) in [6.45, 7) is 1.52. The van der Waals surface area contributed by atoms with Gasteiger partial charge in [0.15, 0.2) is 0 Å². The van der Waals surface area contributed by atoms with Crippen LogP contribution in [0.15, 0.2) is 58.4 Å².